The molecule has 110 valence electrons. The molecule has 0 aliphatic rings. The number of carbonyl (C=O) groups excluding carboxylic acids is 2. The van der Waals surface area contributed by atoms with E-state index in [1.807, 2.05) is 10.6 Å². The Bertz CT molecular complexity index is 657. The summed E-state index contributed by atoms with van der Waals surface area (Å²) in [5, 5.41) is 8.48. The Hall–Kier alpha value is -2.49. The fourth-order valence-electron chi connectivity index (χ4n) is 1.28. The molecule has 1 aromatic carbocycles. The van der Waals surface area contributed by atoms with Gasteiger partial charge in [0.1, 0.15) is 0 Å². The monoisotopic (exact) mass is 316 g/mol. The zero-order valence-corrected chi connectivity index (χ0v) is 11.0. The van der Waals surface area contributed by atoms with Gasteiger partial charge < -0.3 is 0 Å². The van der Waals surface area contributed by atoms with E-state index in [1.165, 1.54) is 12.1 Å². The van der Waals surface area contributed by atoms with Gasteiger partial charge in [0.05, 0.1) is 0 Å². The molecule has 2 N–H and O–H groups in total. The molecule has 0 aliphatic carbocycles. The summed E-state index contributed by atoms with van der Waals surface area (Å²) in [4.78, 5) is 23.1. The van der Waals surface area contributed by atoms with Crippen molar-refractivity contribution >= 4 is 28.4 Å². The van der Waals surface area contributed by atoms with Crippen LogP contribution in [-0.2, 0) is 6.18 Å². The minimum atomic E-state index is -4.63. The van der Waals surface area contributed by atoms with Gasteiger partial charge in [0, 0.05) is 5.56 Å². The molecule has 21 heavy (non-hydrogen) atoms. The van der Waals surface area contributed by atoms with Gasteiger partial charge in [0.15, 0.2) is 0 Å². The highest BCUT2D eigenvalue weighted by molar-refractivity contribution is 7.15. The standard InChI is InChI=1S/C11H7F3N4O2S/c12-11(13,14)8-17-18-10(21-8)16-9(20)15-7(19)6-4-2-1-3-5-6/h1-5H,(H2,15,16,18,19,20). The molecule has 6 nitrogen and oxygen atoms in total. The average molecular weight is 316 g/mol. The summed E-state index contributed by atoms with van der Waals surface area (Å²) in [6, 6.07) is 6.87. The van der Waals surface area contributed by atoms with Crippen LogP contribution in [0.2, 0.25) is 0 Å². The highest BCUT2D eigenvalue weighted by Crippen LogP contribution is 2.32. The molecule has 10 heteroatoms. The number of hydrogen-bond acceptors (Lipinski definition) is 5. The van der Waals surface area contributed by atoms with Crippen LogP contribution in [0.25, 0.3) is 0 Å². The van der Waals surface area contributed by atoms with Gasteiger partial charge in [-0.2, -0.15) is 13.2 Å². The predicted molar refractivity (Wildman–Crippen MR) is 67.8 cm³/mol. The SMILES string of the molecule is O=C(NC(=O)c1ccccc1)Nc1nnc(C(F)(F)F)s1. The quantitative estimate of drug-likeness (QED) is 0.891. The average Bonchev–Trinajstić information content (AvgIpc) is 2.88. The van der Waals surface area contributed by atoms with Crippen molar-refractivity contribution in [3.63, 3.8) is 0 Å². The molecule has 2 rings (SSSR count). The second-order valence-corrected chi connectivity index (χ2v) is 4.66. The Morgan fingerprint density at radius 1 is 1.10 bits per heavy atom. The number of hydrogen-bond donors (Lipinski definition) is 2. The van der Waals surface area contributed by atoms with E-state index < -0.39 is 23.1 Å². The van der Waals surface area contributed by atoms with Crippen LogP contribution in [0, 0.1) is 0 Å². The Morgan fingerprint density at radius 2 is 1.76 bits per heavy atom. The topological polar surface area (TPSA) is 84.0 Å². The molecular formula is C11H7F3N4O2S. The summed E-state index contributed by atoms with van der Waals surface area (Å²) in [6.45, 7) is 0. The number of imide groups is 1. The lowest BCUT2D eigenvalue weighted by molar-refractivity contribution is -0.138. The number of alkyl halides is 3. The van der Waals surface area contributed by atoms with Crippen LogP contribution in [0.15, 0.2) is 30.3 Å². The van der Waals surface area contributed by atoms with Crippen LogP contribution in [0.4, 0.5) is 23.1 Å². The number of nitrogens with one attached hydrogen (secondary N) is 2. The van der Waals surface area contributed by atoms with E-state index in [0.29, 0.717) is 0 Å². The number of anilines is 1. The van der Waals surface area contributed by atoms with E-state index in [9.17, 15) is 22.8 Å². The molecule has 0 radical (unpaired) electrons. The smallest absolute Gasteiger partial charge is 0.282 e. The summed E-state index contributed by atoms with van der Waals surface area (Å²) in [6.07, 6.45) is -4.63. The molecular weight excluding hydrogens is 309 g/mol. The van der Waals surface area contributed by atoms with E-state index in [4.69, 9.17) is 0 Å². The highest BCUT2D eigenvalue weighted by Gasteiger charge is 2.35. The first-order valence-corrected chi connectivity index (χ1v) is 6.26. The van der Waals surface area contributed by atoms with E-state index >= 15 is 0 Å². The molecule has 0 aliphatic heterocycles. The fourth-order valence-corrected chi connectivity index (χ4v) is 1.89. The molecule has 0 fully saturated rings. The van der Waals surface area contributed by atoms with Crippen molar-refractivity contribution in [2.24, 2.45) is 0 Å². The number of nitrogens with zero attached hydrogens (tertiary/aromatic N) is 2. The molecule has 2 aromatic rings. The van der Waals surface area contributed by atoms with Gasteiger partial charge in [0.2, 0.25) is 10.1 Å². The predicted octanol–water partition coefficient (Wildman–Crippen LogP) is 2.52. The Balaban J connectivity index is 1.96. The molecule has 0 saturated heterocycles. The Kier molecular flexibility index (Phi) is 4.17. The lowest BCUT2D eigenvalue weighted by Crippen LogP contribution is -2.34. The molecule has 3 amide bonds. The first-order valence-electron chi connectivity index (χ1n) is 5.44. The van der Waals surface area contributed by atoms with Crippen molar-refractivity contribution in [1.29, 1.82) is 0 Å². The fraction of sp³-hybridized carbons (Fsp3) is 0.0909. The Morgan fingerprint density at radius 3 is 2.33 bits per heavy atom. The zero-order valence-electron chi connectivity index (χ0n) is 10.1. The molecule has 0 spiro atoms. The van der Waals surface area contributed by atoms with Gasteiger partial charge in [-0.25, -0.2) is 4.79 Å². The highest BCUT2D eigenvalue weighted by atomic mass is 32.1. The maximum atomic E-state index is 12.3. The third-order valence-electron chi connectivity index (χ3n) is 2.15. The third-order valence-corrected chi connectivity index (χ3v) is 3.03. The normalized spacial score (nSPS) is 11.0. The number of aromatic nitrogens is 2. The number of amides is 3. The van der Waals surface area contributed by atoms with Crippen molar-refractivity contribution in [2.45, 2.75) is 6.18 Å². The van der Waals surface area contributed by atoms with Gasteiger partial charge in [-0.15, -0.1) is 10.2 Å². The number of rotatable bonds is 2. The van der Waals surface area contributed by atoms with Crippen LogP contribution < -0.4 is 10.6 Å². The molecule has 1 aromatic heterocycles. The minimum Gasteiger partial charge on any atom is -0.282 e. The van der Waals surface area contributed by atoms with Crippen LogP contribution in [0.5, 0.6) is 0 Å². The van der Waals surface area contributed by atoms with Gasteiger partial charge in [-0.05, 0) is 12.1 Å². The largest absolute Gasteiger partial charge is 0.445 e. The second-order valence-electron chi connectivity index (χ2n) is 3.68. The molecule has 1 heterocycles. The van der Waals surface area contributed by atoms with E-state index in [2.05, 4.69) is 10.2 Å². The second kappa shape index (κ2) is 5.87. The molecule has 0 unspecified atom stereocenters. The van der Waals surface area contributed by atoms with Crippen molar-refractivity contribution in [1.82, 2.24) is 15.5 Å². The molecule has 0 saturated carbocycles. The summed E-state index contributed by atoms with van der Waals surface area (Å²) in [7, 11) is 0. The number of halogens is 3. The number of urea groups is 1. The zero-order chi connectivity index (χ0) is 15.5. The Labute approximate surface area is 120 Å². The maximum Gasteiger partial charge on any atom is 0.445 e. The van der Waals surface area contributed by atoms with Crippen LogP contribution in [-0.4, -0.2) is 22.1 Å². The van der Waals surface area contributed by atoms with E-state index in [-0.39, 0.29) is 22.0 Å². The first kappa shape index (κ1) is 14.9. The van der Waals surface area contributed by atoms with E-state index in [1.54, 1.807) is 18.2 Å². The summed E-state index contributed by atoms with van der Waals surface area (Å²) in [5.74, 6) is -0.686. The van der Waals surface area contributed by atoms with Crippen molar-refractivity contribution in [3.8, 4) is 0 Å². The van der Waals surface area contributed by atoms with E-state index in [0.717, 1.165) is 0 Å². The summed E-state index contributed by atoms with van der Waals surface area (Å²) >= 11 is 0.161. The third kappa shape index (κ3) is 3.99. The molecule has 0 bridgehead atoms. The number of carbonyl (C=O) groups is 2. The summed E-state index contributed by atoms with van der Waals surface area (Å²) in [5.41, 5.74) is 0.237. The summed E-state index contributed by atoms with van der Waals surface area (Å²) < 4.78 is 36.9. The van der Waals surface area contributed by atoms with Crippen LogP contribution in [0.3, 0.4) is 0 Å². The van der Waals surface area contributed by atoms with Crippen molar-refractivity contribution in [3.05, 3.63) is 40.9 Å². The lowest BCUT2D eigenvalue weighted by atomic mass is 10.2. The minimum absolute atomic E-state index is 0.161. The van der Waals surface area contributed by atoms with Crippen molar-refractivity contribution < 1.29 is 22.8 Å². The van der Waals surface area contributed by atoms with Crippen LogP contribution in [0.1, 0.15) is 15.4 Å². The van der Waals surface area contributed by atoms with Gasteiger partial charge in [0.25, 0.3) is 5.91 Å². The van der Waals surface area contributed by atoms with Crippen LogP contribution >= 0.6 is 11.3 Å². The van der Waals surface area contributed by atoms with Gasteiger partial charge >= 0.3 is 12.2 Å². The first-order chi connectivity index (χ1) is 9.86. The number of benzene rings is 1. The lowest BCUT2D eigenvalue weighted by Gasteiger charge is -2.03. The van der Waals surface area contributed by atoms with Gasteiger partial charge in [-0.3, -0.25) is 15.4 Å². The van der Waals surface area contributed by atoms with Gasteiger partial charge in [-0.1, -0.05) is 29.5 Å². The maximum absolute atomic E-state index is 12.3. The molecule has 0 atom stereocenters. The van der Waals surface area contributed by atoms with Crippen molar-refractivity contribution in [2.75, 3.05) is 5.32 Å².